The van der Waals surface area contributed by atoms with Crippen LogP contribution in [0.15, 0.2) is 24.3 Å². The zero-order chi connectivity index (χ0) is 13.6. The van der Waals surface area contributed by atoms with Gasteiger partial charge >= 0.3 is 0 Å². The Morgan fingerprint density at radius 2 is 1.25 bits per heavy atom. The van der Waals surface area contributed by atoms with Crippen LogP contribution in [0.2, 0.25) is 0 Å². The Kier molecular flexibility index (Phi) is 21.4. The Labute approximate surface area is 104 Å². The monoisotopic (exact) mass is 224 g/mol. The van der Waals surface area contributed by atoms with Crippen molar-refractivity contribution in [3.63, 3.8) is 0 Å². The molecule has 96 valence electrons. The molecule has 1 aromatic carbocycles. The molecule has 0 fully saturated rings. The van der Waals surface area contributed by atoms with E-state index >= 15 is 0 Å². The van der Waals surface area contributed by atoms with Gasteiger partial charge in [0.05, 0.1) is 0 Å². The minimum absolute atomic E-state index is 0.653. The SMILES string of the molecule is CC.CC.CC.Cc1cccc(C(C)C)c1. The van der Waals surface area contributed by atoms with Crippen molar-refractivity contribution < 1.29 is 0 Å². The molecule has 0 radical (unpaired) electrons. The quantitative estimate of drug-likeness (QED) is 0.533. The average Bonchev–Trinajstić information content (AvgIpc) is 2.36. The van der Waals surface area contributed by atoms with E-state index in [1.54, 1.807) is 0 Å². The van der Waals surface area contributed by atoms with E-state index in [0.29, 0.717) is 5.92 Å². The van der Waals surface area contributed by atoms with Gasteiger partial charge in [0.25, 0.3) is 0 Å². The lowest BCUT2D eigenvalue weighted by Gasteiger charge is -2.04. The molecule has 0 heteroatoms. The second kappa shape index (κ2) is 16.6. The zero-order valence-electron chi connectivity index (χ0n) is 12.9. The van der Waals surface area contributed by atoms with Gasteiger partial charge in [-0.05, 0) is 18.4 Å². The van der Waals surface area contributed by atoms with Crippen LogP contribution in [-0.4, -0.2) is 0 Å². The van der Waals surface area contributed by atoms with Gasteiger partial charge in [0.1, 0.15) is 0 Å². The first-order valence-corrected chi connectivity index (χ1v) is 6.76. The number of hydrogen-bond donors (Lipinski definition) is 0. The molecule has 0 aliphatic carbocycles. The van der Waals surface area contributed by atoms with Gasteiger partial charge in [-0.15, -0.1) is 0 Å². The predicted octanol–water partition coefficient (Wildman–Crippen LogP) is 6.20. The maximum Gasteiger partial charge on any atom is -0.0219 e. The lowest BCUT2D eigenvalue weighted by Crippen LogP contribution is -1.86. The summed E-state index contributed by atoms with van der Waals surface area (Å²) in [5.41, 5.74) is 2.78. The molecule has 0 aliphatic heterocycles. The first-order chi connectivity index (χ1) is 7.70. The largest absolute Gasteiger partial charge is 0.0683 e. The van der Waals surface area contributed by atoms with Crippen molar-refractivity contribution in [1.29, 1.82) is 0 Å². The van der Waals surface area contributed by atoms with Gasteiger partial charge in [-0.25, -0.2) is 0 Å². The van der Waals surface area contributed by atoms with E-state index in [1.165, 1.54) is 11.1 Å². The van der Waals surface area contributed by atoms with E-state index in [2.05, 4.69) is 45.0 Å². The van der Waals surface area contributed by atoms with Crippen LogP contribution >= 0.6 is 0 Å². The highest BCUT2D eigenvalue weighted by atomic mass is 14.0. The number of hydrogen-bond acceptors (Lipinski definition) is 0. The fourth-order valence-electron chi connectivity index (χ4n) is 1.03. The summed E-state index contributed by atoms with van der Waals surface area (Å²) in [6.45, 7) is 18.6. The van der Waals surface area contributed by atoms with Gasteiger partial charge in [-0.2, -0.15) is 0 Å². The van der Waals surface area contributed by atoms with Gasteiger partial charge in [0.2, 0.25) is 0 Å². The summed E-state index contributed by atoms with van der Waals surface area (Å²) < 4.78 is 0. The molecule has 0 aromatic heterocycles. The Morgan fingerprint density at radius 1 is 0.812 bits per heavy atom. The molecule has 0 aliphatic rings. The summed E-state index contributed by atoms with van der Waals surface area (Å²) in [6.07, 6.45) is 0. The highest BCUT2D eigenvalue weighted by molar-refractivity contribution is 5.24. The lowest BCUT2D eigenvalue weighted by atomic mass is 10.0. The minimum atomic E-state index is 0.653. The molecule has 0 amide bonds. The Hall–Kier alpha value is -0.780. The Balaban J connectivity index is -0.000000245. The van der Waals surface area contributed by atoms with Crippen LogP contribution in [0.1, 0.15) is 72.4 Å². The summed E-state index contributed by atoms with van der Waals surface area (Å²) >= 11 is 0. The molecule has 1 rings (SSSR count). The molecule has 0 saturated carbocycles. The van der Waals surface area contributed by atoms with Crippen molar-refractivity contribution in [3.05, 3.63) is 35.4 Å². The van der Waals surface area contributed by atoms with Crippen molar-refractivity contribution in [1.82, 2.24) is 0 Å². The van der Waals surface area contributed by atoms with Gasteiger partial charge < -0.3 is 0 Å². The minimum Gasteiger partial charge on any atom is -0.0683 e. The number of aryl methyl sites for hydroxylation is 1. The topological polar surface area (TPSA) is 0 Å². The molecule has 0 atom stereocenters. The van der Waals surface area contributed by atoms with Crippen molar-refractivity contribution in [2.45, 2.75) is 68.2 Å². The van der Waals surface area contributed by atoms with E-state index in [4.69, 9.17) is 0 Å². The second-order valence-electron chi connectivity index (χ2n) is 3.07. The first kappa shape index (κ1) is 20.6. The molecule has 0 nitrogen and oxygen atoms in total. The van der Waals surface area contributed by atoms with E-state index in [0.717, 1.165) is 0 Å². The molecule has 1 aromatic rings. The van der Waals surface area contributed by atoms with Crippen LogP contribution in [0.25, 0.3) is 0 Å². The first-order valence-electron chi connectivity index (χ1n) is 6.76. The molecule has 16 heavy (non-hydrogen) atoms. The summed E-state index contributed by atoms with van der Waals surface area (Å²) in [5.74, 6) is 0.653. The van der Waals surface area contributed by atoms with Crippen LogP contribution in [0.5, 0.6) is 0 Å². The van der Waals surface area contributed by atoms with Gasteiger partial charge in [-0.1, -0.05) is 85.2 Å². The highest BCUT2D eigenvalue weighted by Gasteiger charge is 1.96. The van der Waals surface area contributed by atoms with Crippen molar-refractivity contribution in [2.24, 2.45) is 0 Å². The number of benzene rings is 1. The third-order valence-electron chi connectivity index (χ3n) is 1.71. The Morgan fingerprint density at radius 3 is 1.50 bits per heavy atom. The van der Waals surface area contributed by atoms with Crippen LogP contribution in [0.3, 0.4) is 0 Å². The van der Waals surface area contributed by atoms with E-state index < -0.39 is 0 Å². The van der Waals surface area contributed by atoms with Crippen LogP contribution < -0.4 is 0 Å². The molecule has 0 N–H and O–H groups in total. The standard InChI is InChI=1S/C10H14.3C2H6/c1-8(2)10-6-4-5-9(3)7-10;3*1-2/h4-8H,1-3H3;3*1-2H3. The summed E-state index contributed by atoms with van der Waals surface area (Å²) in [5, 5.41) is 0. The molecule has 0 heterocycles. The predicted molar refractivity (Wildman–Crippen MR) is 79.3 cm³/mol. The van der Waals surface area contributed by atoms with E-state index in [1.807, 2.05) is 41.5 Å². The third-order valence-corrected chi connectivity index (χ3v) is 1.71. The molecular weight excluding hydrogens is 192 g/mol. The summed E-state index contributed by atoms with van der Waals surface area (Å²) in [6, 6.07) is 8.67. The summed E-state index contributed by atoms with van der Waals surface area (Å²) in [4.78, 5) is 0. The maximum absolute atomic E-state index is 2.24. The second-order valence-corrected chi connectivity index (χ2v) is 3.07. The molecule has 0 spiro atoms. The maximum atomic E-state index is 2.24. The fourth-order valence-corrected chi connectivity index (χ4v) is 1.03. The Bertz CT molecular complexity index is 211. The zero-order valence-corrected chi connectivity index (χ0v) is 12.9. The van der Waals surface area contributed by atoms with Crippen LogP contribution in [0.4, 0.5) is 0 Å². The average molecular weight is 224 g/mol. The molecule has 0 bridgehead atoms. The van der Waals surface area contributed by atoms with Crippen molar-refractivity contribution >= 4 is 0 Å². The van der Waals surface area contributed by atoms with Crippen LogP contribution in [0, 0.1) is 6.92 Å². The third kappa shape index (κ3) is 11.3. The van der Waals surface area contributed by atoms with Crippen LogP contribution in [-0.2, 0) is 0 Å². The number of rotatable bonds is 1. The normalized spacial score (nSPS) is 7.62. The van der Waals surface area contributed by atoms with Crippen molar-refractivity contribution in [2.75, 3.05) is 0 Å². The summed E-state index contributed by atoms with van der Waals surface area (Å²) in [7, 11) is 0. The highest BCUT2D eigenvalue weighted by Crippen LogP contribution is 2.14. The van der Waals surface area contributed by atoms with Gasteiger partial charge in [0.15, 0.2) is 0 Å². The smallest absolute Gasteiger partial charge is 0.0219 e. The van der Waals surface area contributed by atoms with Crippen molar-refractivity contribution in [3.8, 4) is 0 Å². The molecule has 0 unspecified atom stereocenters. The molecular formula is C16H32. The molecule has 0 saturated heterocycles. The fraction of sp³-hybridized carbons (Fsp3) is 0.625. The van der Waals surface area contributed by atoms with Gasteiger partial charge in [0, 0.05) is 0 Å². The van der Waals surface area contributed by atoms with E-state index in [-0.39, 0.29) is 0 Å². The van der Waals surface area contributed by atoms with Gasteiger partial charge in [-0.3, -0.25) is 0 Å². The van der Waals surface area contributed by atoms with E-state index in [9.17, 15) is 0 Å². The lowest BCUT2D eigenvalue weighted by molar-refractivity contribution is 0.865.